The van der Waals surface area contributed by atoms with Gasteiger partial charge in [-0.25, -0.2) is 0 Å². The Bertz CT molecular complexity index is 1370. The van der Waals surface area contributed by atoms with Crippen LogP contribution in [0.4, 0.5) is 0 Å². The lowest BCUT2D eigenvalue weighted by atomic mass is 9.70. The number of aliphatic hydroxyl groups excluding tert-OH is 1. The first-order chi connectivity index (χ1) is 26.0. The number of methoxy groups -OCH3 is 2. The maximum Gasteiger partial charge on any atom is 0.307 e. The molecule has 1 saturated carbocycles. The standard InChI is InChI=1S/C43H67NO10/c1-9-10-12-28-13-11-14-37(54-39-18-17-36(44(5)6)25(3)50-39)24(2)40(47)34-21-32-30(33(34)22-38(46)52-28)16-15-27-19-29(20-31(27)32)53-43-35(23-45)42(49-8)41(48-7)26(4)51-43/h10,12,15-16,21,24-33,35-37,39,41-43,45H,9,11,13-14,17-20,22-23H2,1-8H3/b12-10+/t24-,25?,26?,27-,28+,29-,30-,31-,32-,33+,35?,36?,37+,39?,41?,42?,43?/m1/s1. The van der Waals surface area contributed by atoms with Gasteiger partial charge in [0.05, 0.1) is 49.5 Å². The Balaban J connectivity index is 1.22. The van der Waals surface area contributed by atoms with Gasteiger partial charge in [0.25, 0.3) is 0 Å². The Kier molecular flexibility index (Phi) is 14.3. The summed E-state index contributed by atoms with van der Waals surface area (Å²) in [6, 6.07) is 0.325. The second-order valence-electron chi connectivity index (χ2n) is 17.0. The molecule has 0 bridgehead atoms. The van der Waals surface area contributed by atoms with E-state index in [0.717, 1.165) is 44.1 Å². The number of rotatable bonds is 10. The van der Waals surface area contributed by atoms with E-state index < -0.39 is 12.2 Å². The number of carbonyl (C=O) groups excluding carboxylic acids is 2. The van der Waals surface area contributed by atoms with Crippen LogP contribution in [0.3, 0.4) is 0 Å². The normalized spacial score (nSPS) is 44.6. The summed E-state index contributed by atoms with van der Waals surface area (Å²) in [6.07, 6.45) is 14.7. The number of hydrogen-bond donors (Lipinski definition) is 1. The van der Waals surface area contributed by atoms with E-state index in [1.807, 2.05) is 19.9 Å². The number of fused-ring (bicyclic) bond motifs is 5. The monoisotopic (exact) mass is 757 g/mol. The summed E-state index contributed by atoms with van der Waals surface area (Å²) in [5.74, 6) is -0.632. The van der Waals surface area contributed by atoms with Crippen molar-refractivity contribution in [1.29, 1.82) is 0 Å². The van der Waals surface area contributed by atoms with Crippen LogP contribution in [0.5, 0.6) is 0 Å². The maximum absolute atomic E-state index is 14.7. The van der Waals surface area contributed by atoms with E-state index in [-0.39, 0.29) is 109 Å². The van der Waals surface area contributed by atoms with Gasteiger partial charge in [0.15, 0.2) is 18.4 Å². The summed E-state index contributed by atoms with van der Waals surface area (Å²) in [5.41, 5.74) is 0.739. The van der Waals surface area contributed by atoms with E-state index in [1.54, 1.807) is 14.2 Å². The summed E-state index contributed by atoms with van der Waals surface area (Å²) in [4.78, 5) is 30.6. The number of aliphatic hydroxyl groups is 1. The van der Waals surface area contributed by atoms with Gasteiger partial charge in [0, 0.05) is 32.1 Å². The molecule has 17 atom stereocenters. The van der Waals surface area contributed by atoms with E-state index in [9.17, 15) is 14.7 Å². The number of Topliss-reactive ketones (excluding diaryl/α,β-unsaturated/α-hetero) is 1. The minimum absolute atomic E-state index is 0.0117. The van der Waals surface area contributed by atoms with Crippen LogP contribution in [0.1, 0.15) is 85.5 Å². The summed E-state index contributed by atoms with van der Waals surface area (Å²) < 4.78 is 43.7. The third-order valence-corrected chi connectivity index (χ3v) is 13.4. The lowest BCUT2D eigenvalue weighted by molar-refractivity contribution is -0.299. The van der Waals surface area contributed by atoms with Crippen molar-refractivity contribution in [2.45, 2.75) is 147 Å². The van der Waals surface area contributed by atoms with Gasteiger partial charge in [-0.3, -0.25) is 9.59 Å². The molecule has 0 aromatic heterocycles. The van der Waals surface area contributed by atoms with Gasteiger partial charge in [0.1, 0.15) is 12.2 Å². The van der Waals surface area contributed by atoms with E-state index in [1.165, 1.54) is 0 Å². The highest BCUT2D eigenvalue weighted by Gasteiger charge is 2.52. The molecule has 0 aromatic carbocycles. The first-order valence-electron chi connectivity index (χ1n) is 20.7. The fraction of sp³-hybridized carbons (Fsp3) is 0.814. The summed E-state index contributed by atoms with van der Waals surface area (Å²) >= 11 is 0. The average molecular weight is 758 g/mol. The third-order valence-electron chi connectivity index (χ3n) is 13.4. The van der Waals surface area contributed by atoms with Crippen LogP contribution in [-0.2, 0) is 42.7 Å². The van der Waals surface area contributed by atoms with Crippen molar-refractivity contribution in [3.63, 3.8) is 0 Å². The molecule has 3 saturated heterocycles. The average Bonchev–Trinajstić information content (AvgIpc) is 3.72. The highest BCUT2D eigenvalue weighted by atomic mass is 16.7. The Labute approximate surface area is 323 Å². The van der Waals surface area contributed by atoms with E-state index >= 15 is 0 Å². The maximum atomic E-state index is 14.7. The van der Waals surface area contributed by atoms with Gasteiger partial charge in [-0.15, -0.1) is 0 Å². The van der Waals surface area contributed by atoms with Crippen molar-refractivity contribution in [3.05, 3.63) is 36.0 Å². The topological polar surface area (TPSA) is 122 Å². The lowest BCUT2D eigenvalue weighted by Gasteiger charge is -2.44. The Hall–Kier alpha value is -1.96. The van der Waals surface area contributed by atoms with Crippen LogP contribution >= 0.6 is 0 Å². The molecular weight excluding hydrogens is 690 g/mol. The second-order valence-corrected chi connectivity index (χ2v) is 17.0. The van der Waals surface area contributed by atoms with Gasteiger partial charge >= 0.3 is 5.97 Å². The van der Waals surface area contributed by atoms with Crippen LogP contribution < -0.4 is 0 Å². The fourth-order valence-electron chi connectivity index (χ4n) is 10.6. The first-order valence-corrected chi connectivity index (χ1v) is 20.7. The molecule has 54 heavy (non-hydrogen) atoms. The molecule has 0 radical (unpaired) electrons. The minimum atomic E-state index is -0.628. The SMILES string of the molecule is CC/C=C/[C@H]1CCC[C@H](OC2CCC(N(C)C)C(C)O2)[C@@H](C)C(=O)C2=C[C@@H]3[C@@H](C=C[C@@H]4C[C@@H](OC5OC(C)C(OC)C(OC)C5CO)C[C@@H]34)[C@@H]2CC(=O)O1. The van der Waals surface area contributed by atoms with Crippen LogP contribution in [0.25, 0.3) is 0 Å². The number of allylic oxidation sites excluding steroid dienone is 5. The molecule has 8 unspecified atom stereocenters. The van der Waals surface area contributed by atoms with Crippen molar-refractivity contribution in [2.24, 2.45) is 41.4 Å². The number of cyclic esters (lactones) is 1. The van der Waals surface area contributed by atoms with E-state index in [0.29, 0.717) is 18.9 Å². The molecule has 4 fully saturated rings. The number of nitrogens with zero attached hydrogens (tertiary/aromatic N) is 1. The molecule has 0 amide bonds. The van der Waals surface area contributed by atoms with Gasteiger partial charge in [-0.2, -0.15) is 0 Å². The van der Waals surface area contributed by atoms with Crippen LogP contribution in [0.15, 0.2) is 36.0 Å². The lowest BCUT2D eigenvalue weighted by Crippen LogP contribution is -2.57. The molecule has 3 heterocycles. The van der Waals surface area contributed by atoms with E-state index in [2.05, 4.69) is 57.1 Å². The smallest absolute Gasteiger partial charge is 0.307 e. The van der Waals surface area contributed by atoms with Gasteiger partial charge in [-0.1, -0.05) is 38.2 Å². The van der Waals surface area contributed by atoms with Gasteiger partial charge < -0.3 is 43.2 Å². The first kappa shape index (κ1) is 41.7. The molecule has 6 rings (SSSR count). The molecule has 3 aliphatic carbocycles. The van der Waals surface area contributed by atoms with Crippen LogP contribution in [-0.4, -0.2) is 118 Å². The molecule has 1 N–H and O–H groups in total. The van der Waals surface area contributed by atoms with Crippen molar-refractivity contribution >= 4 is 11.8 Å². The Morgan fingerprint density at radius 2 is 1.70 bits per heavy atom. The molecule has 304 valence electrons. The number of ether oxygens (including phenoxy) is 7. The third kappa shape index (κ3) is 8.94. The number of hydrogen-bond acceptors (Lipinski definition) is 11. The Morgan fingerprint density at radius 1 is 0.926 bits per heavy atom. The molecule has 11 nitrogen and oxygen atoms in total. The van der Waals surface area contributed by atoms with Gasteiger partial charge in [-0.05, 0) is 115 Å². The summed E-state index contributed by atoms with van der Waals surface area (Å²) in [7, 11) is 7.43. The van der Waals surface area contributed by atoms with Gasteiger partial charge in [0.2, 0.25) is 0 Å². The van der Waals surface area contributed by atoms with Crippen LogP contribution in [0, 0.1) is 41.4 Å². The van der Waals surface area contributed by atoms with E-state index in [4.69, 9.17) is 33.2 Å². The predicted molar refractivity (Wildman–Crippen MR) is 203 cm³/mol. The number of carbonyl (C=O) groups is 2. The molecule has 0 spiro atoms. The highest BCUT2D eigenvalue weighted by molar-refractivity contribution is 5.99. The number of likely N-dealkylation sites (N-methyl/N-ethyl adjacent to an activating group) is 1. The predicted octanol–water partition coefficient (Wildman–Crippen LogP) is 5.64. The zero-order valence-corrected chi connectivity index (χ0v) is 33.8. The zero-order valence-electron chi connectivity index (χ0n) is 33.8. The molecule has 3 aliphatic heterocycles. The molecule has 6 aliphatic rings. The zero-order chi connectivity index (χ0) is 38.7. The van der Waals surface area contributed by atoms with Crippen molar-refractivity contribution in [3.8, 4) is 0 Å². The molecule has 11 heteroatoms. The summed E-state index contributed by atoms with van der Waals surface area (Å²) in [5, 5.41) is 10.4. The fourth-order valence-corrected chi connectivity index (χ4v) is 10.6. The quantitative estimate of drug-likeness (QED) is 0.220. The van der Waals surface area contributed by atoms with Crippen molar-refractivity contribution in [1.82, 2.24) is 4.90 Å². The second kappa shape index (κ2) is 18.5. The Morgan fingerprint density at radius 3 is 2.39 bits per heavy atom. The number of ketones is 1. The molecular formula is C43H67NO10. The van der Waals surface area contributed by atoms with Crippen molar-refractivity contribution < 1.29 is 47.9 Å². The molecule has 0 aromatic rings. The van der Waals surface area contributed by atoms with Crippen LogP contribution in [0.2, 0.25) is 0 Å². The summed E-state index contributed by atoms with van der Waals surface area (Å²) in [6.45, 7) is 7.98. The highest BCUT2D eigenvalue weighted by Crippen LogP contribution is 2.54. The number of esters is 1. The van der Waals surface area contributed by atoms with Crippen molar-refractivity contribution in [2.75, 3.05) is 34.9 Å². The minimum Gasteiger partial charge on any atom is -0.458 e. The largest absolute Gasteiger partial charge is 0.458 e.